The molecule has 0 unspecified atom stereocenters. The normalized spacial score (nSPS) is 17.6. The van der Waals surface area contributed by atoms with Gasteiger partial charge in [0.15, 0.2) is 0 Å². The van der Waals surface area contributed by atoms with E-state index in [1.165, 1.54) is 56.2 Å². The molecule has 12 rings (SSSR count). The topological polar surface area (TPSA) is 218 Å². The fraction of sp³-hybridized carbons (Fsp3) is 0.368. The monoisotopic (exact) mass is 1140 g/mol. The van der Waals surface area contributed by atoms with E-state index in [-0.39, 0.29) is 23.5 Å². The molecule has 2 saturated heterocycles. The zero-order valence-corrected chi connectivity index (χ0v) is 47.4. The minimum absolute atomic E-state index is 0.0975. The molecule has 2 fully saturated rings. The number of halogens is 2. The number of fused-ring (bicyclic) bond motifs is 4. The molecule has 3 aromatic carbocycles. The fourth-order valence-corrected chi connectivity index (χ4v) is 13.7. The Labute approximate surface area is 459 Å². The number of nitrogens with zero attached hydrogens (tertiary/aromatic N) is 5. The first-order valence-corrected chi connectivity index (χ1v) is 31.8. The van der Waals surface area contributed by atoms with Crippen LogP contribution in [0.5, 0.6) is 5.75 Å². The summed E-state index contributed by atoms with van der Waals surface area (Å²) in [4.78, 5) is 29.9. The van der Waals surface area contributed by atoms with Crippen LogP contribution >= 0.6 is 0 Å². The van der Waals surface area contributed by atoms with Crippen LogP contribution < -0.4 is 4.74 Å². The van der Waals surface area contributed by atoms with Crippen molar-refractivity contribution in [1.82, 2.24) is 42.7 Å². The lowest BCUT2D eigenvalue weighted by Crippen LogP contribution is -2.37. The van der Waals surface area contributed by atoms with E-state index in [4.69, 9.17) is 4.74 Å². The van der Waals surface area contributed by atoms with Crippen LogP contribution in [0, 0.1) is 11.6 Å². The Hall–Kier alpha value is -6.69. The van der Waals surface area contributed by atoms with Crippen molar-refractivity contribution in [1.29, 1.82) is 0 Å². The molecule has 0 saturated carbocycles. The fourth-order valence-electron chi connectivity index (χ4n) is 11.1. The van der Waals surface area contributed by atoms with Crippen LogP contribution in [0.3, 0.4) is 0 Å². The highest BCUT2D eigenvalue weighted by Crippen LogP contribution is 2.37. The number of benzene rings is 3. The third-order valence-electron chi connectivity index (χ3n) is 15.4. The maximum atomic E-state index is 14.0. The smallest absolute Gasteiger partial charge is 0.219 e. The second-order valence-corrected chi connectivity index (χ2v) is 26.4. The highest BCUT2D eigenvalue weighted by Gasteiger charge is 2.29. The van der Waals surface area contributed by atoms with Crippen LogP contribution in [0.25, 0.3) is 54.9 Å². The molecule has 17 nitrogen and oxygen atoms in total. The van der Waals surface area contributed by atoms with E-state index in [2.05, 4.69) is 37.1 Å². The van der Waals surface area contributed by atoms with Gasteiger partial charge in [-0.05, 0) is 109 Å². The number of sulfonamides is 3. The van der Waals surface area contributed by atoms with E-state index in [0.717, 1.165) is 100 Å². The van der Waals surface area contributed by atoms with Gasteiger partial charge >= 0.3 is 0 Å². The van der Waals surface area contributed by atoms with Crippen LogP contribution in [0.2, 0.25) is 0 Å². The Bertz CT molecular complexity index is 3910. The molecule has 0 atom stereocenters. The molecular formula is C57H67F2N9O8S3. The van der Waals surface area contributed by atoms with Gasteiger partial charge in [0, 0.05) is 128 Å². The Morgan fingerprint density at radius 1 is 0.582 bits per heavy atom. The Kier molecular flexibility index (Phi) is 17.3. The van der Waals surface area contributed by atoms with E-state index >= 15 is 0 Å². The van der Waals surface area contributed by atoms with Crippen molar-refractivity contribution in [3.63, 3.8) is 0 Å². The van der Waals surface area contributed by atoms with Crippen LogP contribution in [-0.4, -0.2) is 152 Å². The molecule has 9 heterocycles. The van der Waals surface area contributed by atoms with Crippen molar-refractivity contribution >= 4 is 90.9 Å². The molecule has 0 radical (unpaired) electrons. The van der Waals surface area contributed by atoms with Crippen LogP contribution in [0.4, 0.5) is 8.78 Å². The quantitative estimate of drug-likeness (QED) is 0.114. The van der Waals surface area contributed by atoms with Gasteiger partial charge < -0.3 is 29.6 Å². The highest BCUT2D eigenvalue weighted by molar-refractivity contribution is 7.88. The number of para-hydroxylation sites is 2. The van der Waals surface area contributed by atoms with Gasteiger partial charge in [0.2, 0.25) is 36.0 Å². The molecule has 4 N–H and O–H groups in total. The molecule has 0 bridgehead atoms. The first-order chi connectivity index (χ1) is 37.7. The molecule has 22 heteroatoms. The summed E-state index contributed by atoms with van der Waals surface area (Å²) < 4.78 is 107. The number of pyridine rings is 1. The second-order valence-electron chi connectivity index (χ2n) is 20.4. The van der Waals surface area contributed by atoms with Gasteiger partial charge in [0.25, 0.3) is 0 Å². The predicted molar refractivity (Wildman–Crippen MR) is 308 cm³/mol. The van der Waals surface area contributed by atoms with Crippen molar-refractivity contribution in [3.05, 3.63) is 144 Å². The number of H-pyrrole nitrogens is 4. The lowest BCUT2D eigenvalue weighted by Gasteiger charge is -2.30. The Morgan fingerprint density at radius 3 is 1.68 bits per heavy atom. The summed E-state index contributed by atoms with van der Waals surface area (Å²) in [6, 6.07) is 20.0. The highest BCUT2D eigenvalue weighted by atomic mass is 32.2. The third kappa shape index (κ3) is 13.0. The molecule has 420 valence electrons. The molecule has 8 aromatic rings. The standard InChI is InChI=1S/C15H15FN2O.C15H18N2O3S.C14H17FN2O2S.C13H17N3O2S/c1-10(19)18-7-5-11(6-8-18)13-9-17-15-12(13)3-2-4-14(15)16;1-20-14-5-3-4-12-13(10-16-15(12)14)11-6-8-17(9-7-11)21(2,18)19;1-20(18,19)17-7-5-10(6-8-17)11-9-16-13-4-2-3-12(15)14(11)13;1-19(17,18)16-7-4-10(5-8-16)12-9-15-13-11(12)3-2-6-14-13/h2-5,9,17H,6-8H2,1H3;3-6,10,16H,7-9H2,1-2H3;2-4,9-10,16H,5-8H2,1H3;2-3,6,9-10H,4-5,7-8H2,1H3,(H,14,15). The van der Waals surface area contributed by atoms with Gasteiger partial charge in [0.05, 0.1) is 36.9 Å². The van der Waals surface area contributed by atoms with Gasteiger partial charge in [-0.25, -0.2) is 47.6 Å². The van der Waals surface area contributed by atoms with Crippen LogP contribution in [0.15, 0.2) is 110 Å². The van der Waals surface area contributed by atoms with E-state index in [1.54, 1.807) is 41.6 Å². The van der Waals surface area contributed by atoms with Crippen molar-refractivity contribution < 1.29 is 43.6 Å². The van der Waals surface area contributed by atoms with E-state index in [0.29, 0.717) is 62.6 Å². The summed E-state index contributed by atoms with van der Waals surface area (Å²) in [5.74, 6) is 1.08. The van der Waals surface area contributed by atoms with Crippen molar-refractivity contribution in [3.8, 4) is 5.75 Å². The lowest BCUT2D eigenvalue weighted by molar-refractivity contribution is -0.128. The van der Waals surface area contributed by atoms with Crippen molar-refractivity contribution in [2.24, 2.45) is 0 Å². The van der Waals surface area contributed by atoms with Crippen molar-refractivity contribution in [2.45, 2.75) is 57.3 Å². The summed E-state index contributed by atoms with van der Waals surface area (Å²) in [6.45, 7) is 6.13. The zero-order chi connectivity index (χ0) is 56.2. The van der Waals surface area contributed by atoms with Gasteiger partial charge in [-0.3, -0.25) is 4.79 Å². The maximum Gasteiger partial charge on any atom is 0.219 e. The summed E-state index contributed by atoms with van der Waals surface area (Å²) >= 11 is 0. The number of nitrogens with one attached hydrogen (secondary N) is 4. The SMILES string of the molecule is CC(=O)N1CC=C(c2c[nH]c3c(F)cccc23)CC1.COc1cccc2c(C3=CCN(S(C)(=O)=O)CC3)c[nH]c12.CS(=O)(=O)N1CCC(c2c[nH]c3cccc(F)c23)CC1.CS(=O)(=O)N1CCC(c2c[nH]c3ncccc23)CC1. The molecule has 79 heavy (non-hydrogen) atoms. The minimum atomic E-state index is -3.12. The number of methoxy groups -OCH3 is 1. The van der Waals surface area contributed by atoms with Crippen LogP contribution in [0.1, 0.15) is 79.5 Å². The number of carbonyl (C=O) groups excluding carboxylic acids is 1. The molecular weight excluding hydrogens is 1070 g/mol. The molecule has 4 aliphatic heterocycles. The van der Waals surface area contributed by atoms with E-state index in [1.807, 2.05) is 67.3 Å². The first kappa shape index (κ1) is 57.0. The Morgan fingerprint density at radius 2 is 1.11 bits per heavy atom. The van der Waals surface area contributed by atoms with Gasteiger partial charge in [-0.2, -0.15) is 4.31 Å². The summed E-state index contributed by atoms with van der Waals surface area (Å²) in [7, 11) is -7.62. The molecule has 0 spiro atoms. The number of amides is 1. The number of carbonyl (C=O) groups is 1. The lowest BCUT2D eigenvalue weighted by atomic mass is 9.90. The largest absolute Gasteiger partial charge is 0.495 e. The second kappa shape index (κ2) is 24.0. The molecule has 1 amide bonds. The number of ether oxygens (including phenoxy) is 1. The molecule has 0 aliphatic carbocycles. The molecule has 4 aliphatic rings. The number of rotatable bonds is 8. The maximum absolute atomic E-state index is 14.0. The summed E-state index contributed by atoms with van der Waals surface area (Å²) in [5, 5.41) is 3.81. The summed E-state index contributed by atoms with van der Waals surface area (Å²) in [5.41, 5.74) is 9.96. The number of aromatic nitrogens is 5. The average Bonchev–Trinajstić information content (AvgIpc) is 4.42. The third-order valence-corrected chi connectivity index (χ3v) is 19.3. The number of hydrogen-bond acceptors (Lipinski definition) is 9. The Balaban J connectivity index is 0.000000128. The average molecular weight is 1140 g/mol. The minimum Gasteiger partial charge on any atom is -0.495 e. The zero-order valence-electron chi connectivity index (χ0n) is 44.9. The number of piperidine rings is 2. The number of aromatic amines is 4. The van der Waals surface area contributed by atoms with Gasteiger partial charge in [-0.1, -0.05) is 42.5 Å². The van der Waals surface area contributed by atoms with E-state index in [9.17, 15) is 38.8 Å². The predicted octanol–water partition coefficient (Wildman–Crippen LogP) is 9.32. The van der Waals surface area contributed by atoms with Crippen molar-refractivity contribution in [2.75, 3.05) is 78.2 Å². The van der Waals surface area contributed by atoms with Gasteiger partial charge in [0.1, 0.15) is 23.0 Å². The number of hydrogen-bond donors (Lipinski definition) is 4. The molecule has 5 aromatic heterocycles. The van der Waals surface area contributed by atoms with E-state index < -0.39 is 30.1 Å². The summed E-state index contributed by atoms with van der Waals surface area (Å²) in [6.07, 6.45) is 22.0. The van der Waals surface area contributed by atoms with Gasteiger partial charge in [-0.15, -0.1) is 0 Å². The first-order valence-electron chi connectivity index (χ1n) is 26.3. The van der Waals surface area contributed by atoms with Crippen LogP contribution in [-0.2, 0) is 34.9 Å².